The molecule has 0 radical (unpaired) electrons. The van der Waals surface area contributed by atoms with Gasteiger partial charge in [-0.15, -0.1) is 0 Å². The Balaban J connectivity index is 1.60. The second-order valence-corrected chi connectivity index (χ2v) is 8.20. The summed E-state index contributed by atoms with van der Waals surface area (Å²) >= 11 is 0. The molecule has 0 unspecified atom stereocenters. The second kappa shape index (κ2) is 9.01. The van der Waals surface area contributed by atoms with Crippen molar-refractivity contribution >= 4 is 16.9 Å². The van der Waals surface area contributed by atoms with Crippen LogP contribution in [-0.4, -0.2) is 31.3 Å². The zero-order valence-corrected chi connectivity index (χ0v) is 18.8. The Morgan fingerprint density at radius 2 is 1.82 bits per heavy atom. The zero-order chi connectivity index (χ0) is 23.7. The van der Waals surface area contributed by atoms with Gasteiger partial charge in [0.05, 0.1) is 19.4 Å². The van der Waals surface area contributed by atoms with Gasteiger partial charge in [0.1, 0.15) is 0 Å². The molecule has 0 fully saturated rings. The summed E-state index contributed by atoms with van der Waals surface area (Å²) in [5, 5.41) is 0. The predicted octanol–water partition coefficient (Wildman–Crippen LogP) is 2.82. The van der Waals surface area contributed by atoms with Crippen molar-refractivity contribution in [3.63, 3.8) is 0 Å². The third-order valence-corrected chi connectivity index (χ3v) is 5.92. The number of aryl methyl sites for hydroxylation is 1. The normalized spacial score (nSPS) is 12.4. The number of imidazole rings is 1. The first-order valence-electron chi connectivity index (χ1n) is 11.2. The molecule has 5 rings (SSSR count). The number of ether oxygens (including phenoxy) is 2. The maximum atomic E-state index is 13.5. The van der Waals surface area contributed by atoms with Gasteiger partial charge < -0.3 is 14.0 Å². The molecule has 0 saturated carbocycles. The van der Waals surface area contributed by atoms with Gasteiger partial charge in [0.15, 0.2) is 28.4 Å². The fourth-order valence-electron chi connectivity index (χ4n) is 4.09. The molecule has 0 spiro atoms. The maximum absolute atomic E-state index is 13.5. The molecule has 0 saturated heterocycles. The minimum Gasteiger partial charge on any atom is -0.454 e. The maximum Gasteiger partial charge on any atom is 0.333 e. The van der Waals surface area contributed by atoms with Gasteiger partial charge >= 0.3 is 5.69 Å². The Bertz CT molecular complexity index is 1480. The molecule has 34 heavy (non-hydrogen) atoms. The molecule has 9 heteroatoms. The monoisotopic (exact) mass is 460 g/mol. The van der Waals surface area contributed by atoms with Gasteiger partial charge in [0.2, 0.25) is 6.79 Å². The van der Waals surface area contributed by atoms with Crippen molar-refractivity contribution in [3.05, 3.63) is 86.8 Å². The third kappa shape index (κ3) is 3.89. The minimum absolute atomic E-state index is 0.0923. The Morgan fingerprint density at radius 1 is 1.03 bits per heavy atom. The zero-order valence-electron chi connectivity index (χ0n) is 18.8. The van der Waals surface area contributed by atoms with Gasteiger partial charge in [-0.25, -0.2) is 9.78 Å². The molecule has 0 amide bonds. The van der Waals surface area contributed by atoms with E-state index in [1.54, 1.807) is 29.1 Å². The number of Topliss-reactive ketones (excluding diaryl/α,β-unsaturated/α-hetero) is 1. The van der Waals surface area contributed by atoms with Crippen molar-refractivity contribution in [2.75, 3.05) is 6.79 Å². The molecule has 0 aliphatic carbocycles. The lowest BCUT2D eigenvalue weighted by Crippen LogP contribution is -2.42. The van der Waals surface area contributed by atoms with Crippen LogP contribution in [0.4, 0.5) is 0 Å². The number of nitrogens with zero attached hydrogens (tertiary/aromatic N) is 4. The largest absolute Gasteiger partial charge is 0.454 e. The standard InChI is InChI=1S/C25H24N4O5/c1-2-3-11-27-15-26-23-22(27)24(31)29(25(32)28(23)13-17-7-5-4-6-8-17)14-19(30)18-9-10-20-21(12-18)34-16-33-20/h4-10,12,15H,2-3,11,13-14,16H2,1H3. The van der Waals surface area contributed by atoms with E-state index in [-0.39, 0.29) is 25.7 Å². The van der Waals surface area contributed by atoms with Gasteiger partial charge in [0, 0.05) is 12.1 Å². The number of carbonyl (C=O) groups excluding carboxylic acids is 1. The van der Waals surface area contributed by atoms with E-state index in [9.17, 15) is 14.4 Å². The number of aromatic nitrogens is 4. The molecule has 0 atom stereocenters. The molecular formula is C25H24N4O5. The average Bonchev–Trinajstić information content (AvgIpc) is 3.50. The third-order valence-electron chi connectivity index (χ3n) is 5.92. The second-order valence-electron chi connectivity index (χ2n) is 8.20. The Kier molecular flexibility index (Phi) is 5.75. The van der Waals surface area contributed by atoms with Crippen LogP contribution < -0.4 is 20.7 Å². The average molecular weight is 460 g/mol. The number of ketones is 1. The number of benzene rings is 2. The van der Waals surface area contributed by atoms with Crippen molar-refractivity contribution in [2.45, 2.75) is 39.4 Å². The molecule has 0 N–H and O–H groups in total. The highest BCUT2D eigenvalue weighted by Gasteiger charge is 2.22. The lowest BCUT2D eigenvalue weighted by molar-refractivity contribution is 0.0968. The van der Waals surface area contributed by atoms with E-state index in [0.717, 1.165) is 23.0 Å². The van der Waals surface area contributed by atoms with E-state index in [1.165, 1.54) is 4.57 Å². The summed E-state index contributed by atoms with van der Waals surface area (Å²) in [7, 11) is 0. The van der Waals surface area contributed by atoms with E-state index in [1.807, 2.05) is 30.3 Å². The summed E-state index contributed by atoms with van der Waals surface area (Å²) in [5.41, 5.74) is 0.776. The molecule has 1 aliphatic heterocycles. The fourth-order valence-corrected chi connectivity index (χ4v) is 4.09. The number of carbonyl (C=O) groups is 1. The number of rotatable bonds is 8. The summed E-state index contributed by atoms with van der Waals surface area (Å²) in [6.45, 7) is 2.60. The predicted molar refractivity (Wildman–Crippen MR) is 126 cm³/mol. The van der Waals surface area contributed by atoms with Gasteiger partial charge in [0.25, 0.3) is 5.56 Å². The fraction of sp³-hybridized carbons (Fsp3) is 0.280. The first-order chi connectivity index (χ1) is 16.6. The van der Waals surface area contributed by atoms with Crippen molar-refractivity contribution < 1.29 is 14.3 Å². The number of fused-ring (bicyclic) bond motifs is 2. The Morgan fingerprint density at radius 3 is 2.62 bits per heavy atom. The van der Waals surface area contributed by atoms with Crippen LogP contribution in [0.3, 0.4) is 0 Å². The van der Waals surface area contributed by atoms with Gasteiger partial charge in [-0.2, -0.15) is 0 Å². The molecule has 1 aliphatic rings. The molecule has 9 nitrogen and oxygen atoms in total. The van der Waals surface area contributed by atoms with E-state index in [0.29, 0.717) is 34.8 Å². The topological polar surface area (TPSA) is 97.4 Å². The molecule has 174 valence electrons. The van der Waals surface area contributed by atoms with E-state index >= 15 is 0 Å². The summed E-state index contributed by atoms with van der Waals surface area (Å²) < 4.78 is 14.9. The van der Waals surface area contributed by atoms with Crippen LogP contribution in [0.2, 0.25) is 0 Å². The van der Waals surface area contributed by atoms with Crippen molar-refractivity contribution in [3.8, 4) is 11.5 Å². The smallest absolute Gasteiger partial charge is 0.333 e. The van der Waals surface area contributed by atoms with Crippen LogP contribution in [0.1, 0.15) is 35.7 Å². The minimum atomic E-state index is -0.573. The number of hydrogen-bond donors (Lipinski definition) is 0. The van der Waals surface area contributed by atoms with Crippen molar-refractivity contribution in [1.82, 2.24) is 18.7 Å². The quantitative estimate of drug-likeness (QED) is 0.375. The lowest BCUT2D eigenvalue weighted by atomic mass is 10.1. The van der Waals surface area contributed by atoms with Gasteiger partial charge in [-0.1, -0.05) is 43.7 Å². The summed E-state index contributed by atoms with van der Waals surface area (Å²) in [5.74, 6) is 0.649. The summed E-state index contributed by atoms with van der Waals surface area (Å²) in [6, 6.07) is 14.3. The highest BCUT2D eigenvalue weighted by molar-refractivity contribution is 5.96. The molecule has 0 bridgehead atoms. The number of unbranched alkanes of at least 4 members (excludes halogenated alkanes) is 1. The first-order valence-corrected chi connectivity index (χ1v) is 11.2. The van der Waals surface area contributed by atoms with Crippen LogP contribution in [0.15, 0.2) is 64.4 Å². The van der Waals surface area contributed by atoms with E-state index < -0.39 is 11.2 Å². The SMILES string of the molecule is CCCCn1cnc2c1c(=O)n(CC(=O)c1ccc3c(c1)OCO3)c(=O)n2Cc1ccccc1. The van der Waals surface area contributed by atoms with Crippen LogP contribution in [0, 0.1) is 0 Å². The highest BCUT2D eigenvalue weighted by Crippen LogP contribution is 2.32. The summed E-state index contributed by atoms with van der Waals surface area (Å²) in [4.78, 5) is 44.4. The van der Waals surface area contributed by atoms with Crippen LogP contribution in [-0.2, 0) is 19.6 Å². The van der Waals surface area contributed by atoms with Crippen LogP contribution in [0.25, 0.3) is 11.2 Å². The lowest BCUT2D eigenvalue weighted by Gasteiger charge is -2.13. The molecular weight excluding hydrogens is 436 g/mol. The van der Waals surface area contributed by atoms with E-state index in [2.05, 4.69) is 11.9 Å². The number of hydrogen-bond acceptors (Lipinski definition) is 6. The van der Waals surface area contributed by atoms with Crippen molar-refractivity contribution in [2.24, 2.45) is 0 Å². The Hall–Kier alpha value is -4.14. The van der Waals surface area contributed by atoms with Crippen LogP contribution in [0.5, 0.6) is 11.5 Å². The van der Waals surface area contributed by atoms with Gasteiger partial charge in [-0.3, -0.25) is 18.7 Å². The molecule has 2 aromatic heterocycles. The Labute approximate surface area is 194 Å². The first kappa shape index (κ1) is 21.7. The van der Waals surface area contributed by atoms with E-state index in [4.69, 9.17) is 9.47 Å². The summed E-state index contributed by atoms with van der Waals surface area (Å²) in [6.07, 6.45) is 3.39. The molecule has 4 aromatic rings. The van der Waals surface area contributed by atoms with Crippen molar-refractivity contribution in [1.29, 1.82) is 0 Å². The highest BCUT2D eigenvalue weighted by atomic mass is 16.7. The van der Waals surface area contributed by atoms with Crippen LogP contribution >= 0.6 is 0 Å². The van der Waals surface area contributed by atoms with Gasteiger partial charge in [-0.05, 0) is 30.2 Å². The molecule has 2 aromatic carbocycles. The molecule has 3 heterocycles.